The maximum absolute atomic E-state index is 12.9. The molecule has 0 bridgehead atoms. The largest absolute Gasteiger partial charge is 0.384 e. The quantitative estimate of drug-likeness (QED) is 0.747. The van der Waals surface area contributed by atoms with E-state index in [1.165, 1.54) is 0 Å². The summed E-state index contributed by atoms with van der Waals surface area (Å²) in [5.41, 5.74) is 7.22. The summed E-state index contributed by atoms with van der Waals surface area (Å²) in [7, 11) is -3.48. The highest BCUT2D eigenvalue weighted by Gasteiger charge is 2.31. The zero-order valence-corrected chi connectivity index (χ0v) is 14.4. The summed E-state index contributed by atoms with van der Waals surface area (Å²) in [6.07, 6.45) is 1.71. The molecule has 0 spiro atoms. The van der Waals surface area contributed by atoms with E-state index in [0.717, 1.165) is 23.9 Å². The Hall–Kier alpha value is -2.45. The zero-order valence-electron chi connectivity index (χ0n) is 13.6. The molecule has 1 fully saturated rings. The van der Waals surface area contributed by atoms with Crippen LogP contribution in [0, 0.1) is 0 Å². The molecule has 1 aliphatic rings. The van der Waals surface area contributed by atoms with Crippen LogP contribution in [0.25, 0.3) is 11.0 Å². The number of aromatic amines is 1. The number of hydrogen-bond donors (Lipinski definition) is 2. The minimum absolute atomic E-state index is 0.0505. The summed E-state index contributed by atoms with van der Waals surface area (Å²) in [4.78, 5) is 4.90. The Balaban J connectivity index is 1.62. The van der Waals surface area contributed by atoms with Crippen molar-refractivity contribution in [2.24, 2.45) is 0 Å². The number of aromatic nitrogens is 3. The highest BCUT2D eigenvalue weighted by atomic mass is 32.2. The topological polar surface area (TPSA) is 105 Å². The van der Waals surface area contributed by atoms with Crippen molar-refractivity contribution < 1.29 is 8.42 Å². The third kappa shape index (κ3) is 2.87. The molecule has 8 heteroatoms. The minimum atomic E-state index is -3.48. The molecule has 1 saturated heterocycles. The van der Waals surface area contributed by atoms with Crippen LogP contribution in [0.4, 0.5) is 5.82 Å². The van der Waals surface area contributed by atoms with E-state index in [1.807, 2.05) is 18.2 Å². The Morgan fingerprint density at radius 2 is 1.96 bits per heavy atom. The molecule has 1 aromatic carbocycles. The first-order chi connectivity index (χ1) is 12.1. The number of nitrogens with two attached hydrogens (primary N) is 1. The number of nitrogens with zero attached hydrogens (tertiary/aromatic N) is 3. The molecular weight excluding hydrogens is 338 g/mol. The van der Waals surface area contributed by atoms with Crippen LogP contribution in [-0.2, 0) is 10.0 Å². The fourth-order valence-electron chi connectivity index (χ4n) is 3.30. The summed E-state index contributed by atoms with van der Waals surface area (Å²) in [5.74, 6) is 0.542. The monoisotopic (exact) mass is 357 g/mol. The minimum Gasteiger partial charge on any atom is -0.384 e. The van der Waals surface area contributed by atoms with Crippen LogP contribution in [0.1, 0.15) is 24.5 Å². The van der Waals surface area contributed by atoms with Gasteiger partial charge in [-0.25, -0.2) is 13.4 Å². The molecule has 4 rings (SSSR count). The van der Waals surface area contributed by atoms with Crippen molar-refractivity contribution in [1.82, 2.24) is 19.5 Å². The molecule has 0 amide bonds. The molecule has 1 unspecified atom stereocenters. The van der Waals surface area contributed by atoms with Crippen LogP contribution in [0.3, 0.4) is 0 Å². The van der Waals surface area contributed by atoms with E-state index in [-0.39, 0.29) is 5.92 Å². The van der Waals surface area contributed by atoms with Gasteiger partial charge in [0.05, 0.1) is 10.3 Å². The van der Waals surface area contributed by atoms with Crippen LogP contribution in [0.15, 0.2) is 47.4 Å². The van der Waals surface area contributed by atoms with Gasteiger partial charge in [0.25, 0.3) is 0 Å². The van der Waals surface area contributed by atoms with Gasteiger partial charge >= 0.3 is 0 Å². The molecule has 130 valence electrons. The lowest BCUT2D eigenvalue weighted by Crippen LogP contribution is -2.39. The lowest BCUT2D eigenvalue weighted by Gasteiger charge is -2.31. The van der Waals surface area contributed by atoms with Gasteiger partial charge in [0.15, 0.2) is 5.65 Å². The Labute approximate surface area is 145 Å². The molecule has 0 aliphatic carbocycles. The number of pyridine rings is 1. The number of piperidine rings is 1. The fraction of sp³-hybridized carbons (Fsp3) is 0.294. The maximum atomic E-state index is 12.9. The third-order valence-electron chi connectivity index (χ3n) is 4.65. The number of rotatable bonds is 3. The summed E-state index contributed by atoms with van der Waals surface area (Å²) in [5, 5.41) is 7.60. The number of sulfonamides is 1. The van der Waals surface area contributed by atoms with Crippen molar-refractivity contribution >= 4 is 26.9 Å². The van der Waals surface area contributed by atoms with Crippen LogP contribution < -0.4 is 5.73 Å². The number of hydrogen-bond acceptors (Lipinski definition) is 5. The standard InChI is InChI=1S/C17H19N5O2S/c18-16-14-8-9-15(19-17(14)21-20-16)12-5-4-10-22(11-12)25(23,24)13-6-2-1-3-7-13/h1-3,6-9,12H,4-5,10-11H2,(H3,18,19,20,21). The molecule has 3 aromatic rings. The second-order valence-corrected chi connectivity index (χ2v) is 8.20. The van der Waals surface area contributed by atoms with Crippen LogP contribution in [0.2, 0.25) is 0 Å². The highest BCUT2D eigenvalue weighted by Crippen LogP contribution is 2.30. The maximum Gasteiger partial charge on any atom is 0.243 e. The number of anilines is 1. The first-order valence-corrected chi connectivity index (χ1v) is 9.65. The van der Waals surface area contributed by atoms with E-state index in [0.29, 0.717) is 29.5 Å². The smallest absolute Gasteiger partial charge is 0.243 e. The average Bonchev–Trinajstić information content (AvgIpc) is 3.03. The van der Waals surface area contributed by atoms with Crippen molar-refractivity contribution in [3.8, 4) is 0 Å². The van der Waals surface area contributed by atoms with Gasteiger partial charge in [0.2, 0.25) is 10.0 Å². The van der Waals surface area contributed by atoms with Gasteiger partial charge in [-0.15, -0.1) is 0 Å². The van der Waals surface area contributed by atoms with Gasteiger partial charge in [-0.1, -0.05) is 18.2 Å². The van der Waals surface area contributed by atoms with E-state index < -0.39 is 10.0 Å². The van der Waals surface area contributed by atoms with E-state index >= 15 is 0 Å². The van der Waals surface area contributed by atoms with Gasteiger partial charge < -0.3 is 5.73 Å². The number of fused-ring (bicyclic) bond motifs is 1. The molecule has 0 radical (unpaired) electrons. The van der Waals surface area contributed by atoms with Crippen LogP contribution in [-0.4, -0.2) is 41.0 Å². The van der Waals surface area contributed by atoms with Crippen molar-refractivity contribution in [3.05, 3.63) is 48.2 Å². The lowest BCUT2D eigenvalue weighted by atomic mass is 9.95. The second kappa shape index (κ2) is 6.12. The molecule has 3 N–H and O–H groups in total. The van der Waals surface area contributed by atoms with Gasteiger partial charge in [-0.2, -0.15) is 9.40 Å². The van der Waals surface area contributed by atoms with Gasteiger partial charge in [-0.05, 0) is 37.1 Å². The van der Waals surface area contributed by atoms with Crippen molar-refractivity contribution in [3.63, 3.8) is 0 Å². The molecule has 7 nitrogen and oxygen atoms in total. The van der Waals surface area contributed by atoms with Crippen LogP contribution in [0.5, 0.6) is 0 Å². The van der Waals surface area contributed by atoms with E-state index in [2.05, 4.69) is 15.2 Å². The summed E-state index contributed by atoms with van der Waals surface area (Å²) in [6, 6.07) is 12.4. The predicted octanol–water partition coefficient (Wildman–Crippen LogP) is 2.11. The fourth-order valence-corrected chi connectivity index (χ4v) is 4.85. The van der Waals surface area contributed by atoms with Gasteiger partial charge in [0, 0.05) is 24.7 Å². The van der Waals surface area contributed by atoms with Gasteiger partial charge in [0.1, 0.15) is 5.82 Å². The van der Waals surface area contributed by atoms with Crippen LogP contribution >= 0.6 is 0 Å². The predicted molar refractivity (Wildman–Crippen MR) is 95.5 cm³/mol. The summed E-state index contributed by atoms with van der Waals surface area (Å²) < 4.78 is 27.3. The Kier molecular flexibility index (Phi) is 3.93. The molecule has 1 aliphatic heterocycles. The number of nitrogens with one attached hydrogen (secondary N) is 1. The second-order valence-electron chi connectivity index (χ2n) is 6.26. The highest BCUT2D eigenvalue weighted by molar-refractivity contribution is 7.89. The average molecular weight is 357 g/mol. The third-order valence-corrected chi connectivity index (χ3v) is 6.53. The van der Waals surface area contributed by atoms with E-state index in [4.69, 9.17) is 5.73 Å². The Bertz CT molecular complexity index is 1000. The molecule has 25 heavy (non-hydrogen) atoms. The Morgan fingerprint density at radius 3 is 2.76 bits per heavy atom. The number of benzene rings is 1. The molecular formula is C17H19N5O2S. The Morgan fingerprint density at radius 1 is 1.16 bits per heavy atom. The van der Waals surface area contributed by atoms with Crippen molar-refractivity contribution in [2.45, 2.75) is 23.7 Å². The lowest BCUT2D eigenvalue weighted by molar-refractivity contribution is 0.313. The molecule has 1 atom stereocenters. The molecule has 0 saturated carbocycles. The zero-order chi connectivity index (χ0) is 17.4. The SMILES string of the molecule is Nc1[nH]nc2nc(C3CCCN(S(=O)(=O)c4ccccc4)C3)ccc12. The summed E-state index contributed by atoms with van der Waals surface area (Å²) in [6.45, 7) is 0.959. The van der Waals surface area contributed by atoms with E-state index in [9.17, 15) is 8.42 Å². The van der Waals surface area contributed by atoms with E-state index in [1.54, 1.807) is 28.6 Å². The first-order valence-electron chi connectivity index (χ1n) is 8.21. The first kappa shape index (κ1) is 16.0. The molecule has 2 aromatic heterocycles. The summed E-state index contributed by atoms with van der Waals surface area (Å²) >= 11 is 0. The number of nitrogen functional groups attached to an aromatic ring is 1. The van der Waals surface area contributed by atoms with Crippen molar-refractivity contribution in [2.75, 3.05) is 18.8 Å². The van der Waals surface area contributed by atoms with Crippen molar-refractivity contribution in [1.29, 1.82) is 0 Å². The normalized spacial score (nSPS) is 19.3. The molecule has 3 heterocycles. The van der Waals surface area contributed by atoms with Gasteiger partial charge in [-0.3, -0.25) is 5.10 Å². The number of H-pyrrole nitrogens is 1.